The van der Waals surface area contributed by atoms with E-state index < -0.39 is 5.91 Å². The summed E-state index contributed by atoms with van der Waals surface area (Å²) in [4.78, 5) is 29.0. The fraction of sp³-hybridized carbons (Fsp3) is 0.400. The number of pyridine rings is 1. The number of ether oxygens (including phenoxy) is 1. The Kier molecular flexibility index (Phi) is 5.40. The molecule has 30 heavy (non-hydrogen) atoms. The summed E-state index contributed by atoms with van der Waals surface area (Å²) in [6.07, 6.45) is 7.13. The van der Waals surface area contributed by atoms with Gasteiger partial charge in [-0.25, -0.2) is 9.50 Å². The maximum absolute atomic E-state index is 13.1. The van der Waals surface area contributed by atoms with Gasteiger partial charge in [-0.2, -0.15) is 0 Å². The lowest BCUT2D eigenvalue weighted by Gasteiger charge is -2.29. The molecule has 3 aromatic heterocycles. The Bertz CT molecular complexity index is 1130. The Hall–Kier alpha value is -3.40. The zero-order valence-electron chi connectivity index (χ0n) is 17.0. The highest BCUT2D eigenvalue weighted by molar-refractivity contribution is 5.92. The van der Waals surface area contributed by atoms with Crippen molar-refractivity contribution in [3.63, 3.8) is 0 Å². The SMILES string of the molecule is CNc1cc(Nc2cccn([C@H]3CC[C@H](OC)CC3)c2=O)nn2c(C(N)=O)cnc12. The fourth-order valence-corrected chi connectivity index (χ4v) is 3.97. The molecule has 4 N–H and O–H groups in total. The van der Waals surface area contributed by atoms with E-state index in [1.165, 1.54) is 10.7 Å². The Labute approximate surface area is 173 Å². The largest absolute Gasteiger partial charge is 0.385 e. The third kappa shape index (κ3) is 3.61. The second-order valence-electron chi connectivity index (χ2n) is 7.36. The summed E-state index contributed by atoms with van der Waals surface area (Å²) in [6, 6.07) is 5.43. The summed E-state index contributed by atoms with van der Waals surface area (Å²) in [5.74, 6) is -0.242. The Morgan fingerprint density at radius 2 is 2.03 bits per heavy atom. The molecule has 1 aliphatic rings. The van der Waals surface area contributed by atoms with Gasteiger partial charge in [0.1, 0.15) is 11.4 Å². The number of aromatic nitrogens is 4. The molecule has 158 valence electrons. The van der Waals surface area contributed by atoms with Crippen molar-refractivity contribution in [2.24, 2.45) is 5.73 Å². The van der Waals surface area contributed by atoms with Crippen LogP contribution < -0.4 is 21.9 Å². The van der Waals surface area contributed by atoms with Crippen LogP contribution in [0.1, 0.15) is 42.2 Å². The number of fused-ring (bicyclic) bond motifs is 1. The van der Waals surface area contributed by atoms with Crippen LogP contribution in [0, 0.1) is 0 Å². The fourth-order valence-electron chi connectivity index (χ4n) is 3.97. The number of hydrogen-bond acceptors (Lipinski definition) is 7. The minimum atomic E-state index is -0.636. The predicted molar refractivity (Wildman–Crippen MR) is 113 cm³/mol. The molecule has 0 spiro atoms. The number of rotatable bonds is 6. The topological polar surface area (TPSA) is 129 Å². The average Bonchev–Trinajstić information content (AvgIpc) is 3.19. The second-order valence-corrected chi connectivity index (χ2v) is 7.36. The molecule has 1 saturated carbocycles. The van der Waals surface area contributed by atoms with Crippen LogP contribution in [0.15, 0.2) is 35.4 Å². The number of imidazole rings is 1. The molecule has 1 amide bonds. The number of methoxy groups -OCH3 is 1. The second kappa shape index (κ2) is 8.15. The number of nitrogens with one attached hydrogen (secondary N) is 2. The molecule has 0 aromatic carbocycles. The first-order chi connectivity index (χ1) is 14.5. The molecule has 10 nitrogen and oxygen atoms in total. The Morgan fingerprint density at radius 3 is 2.70 bits per heavy atom. The van der Waals surface area contributed by atoms with E-state index in [9.17, 15) is 9.59 Å². The molecule has 3 aromatic rings. The molecule has 0 aliphatic heterocycles. The van der Waals surface area contributed by atoms with Crippen molar-refractivity contribution in [3.05, 3.63) is 46.6 Å². The monoisotopic (exact) mass is 411 g/mol. The maximum Gasteiger partial charge on any atom is 0.274 e. The van der Waals surface area contributed by atoms with E-state index in [-0.39, 0.29) is 23.4 Å². The van der Waals surface area contributed by atoms with Gasteiger partial charge in [0.25, 0.3) is 11.5 Å². The third-order valence-electron chi connectivity index (χ3n) is 5.60. The van der Waals surface area contributed by atoms with Gasteiger partial charge in [0.2, 0.25) is 0 Å². The van der Waals surface area contributed by atoms with Crippen LogP contribution in [0.4, 0.5) is 17.2 Å². The smallest absolute Gasteiger partial charge is 0.274 e. The van der Waals surface area contributed by atoms with Crippen molar-refractivity contribution in [2.75, 3.05) is 24.8 Å². The number of amides is 1. The minimum absolute atomic E-state index is 0.118. The summed E-state index contributed by atoms with van der Waals surface area (Å²) >= 11 is 0. The maximum atomic E-state index is 13.1. The summed E-state index contributed by atoms with van der Waals surface area (Å²) in [5, 5.41) is 10.5. The number of nitrogens with two attached hydrogens (primary N) is 1. The van der Waals surface area contributed by atoms with Crippen LogP contribution in [0.5, 0.6) is 0 Å². The molecule has 0 saturated heterocycles. The summed E-state index contributed by atoms with van der Waals surface area (Å²) < 4.78 is 8.57. The molecule has 4 rings (SSSR count). The van der Waals surface area contributed by atoms with Crippen LogP contribution in [0.3, 0.4) is 0 Å². The highest BCUT2D eigenvalue weighted by Gasteiger charge is 2.23. The van der Waals surface area contributed by atoms with Crippen molar-refractivity contribution in [3.8, 4) is 0 Å². The number of anilines is 3. The lowest BCUT2D eigenvalue weighted by Crippen LogP contribution is -2.30. The van der Waals surface area contributed by atoms with Crippen LogP contribution in [-0.2, 0) is 4.74 Å². The Balaban J connectivity index is 1.66. The standard InChI is InChI=1S/C20H25N7O3/c1-22-15-10-17(25-27-16(18(21)28)11-23-19(15)27)24-14-4-3-9-26(20(14)29)12-5-7-13(30-2)8-6-12/h3-4,9-13,22H,5-8H2,1-2H3,(H2,21,28)(H,24,25)/t12-,13-. The molecule has 0 atom stereocenters. The van der Waals surface area contributed by atoms with Crippen molar-refractivity contribution >= 4 is 28.7 Å². The lowest BCUT2D eigenvalue weighted by atomic mass is 9.92. The van der Waals surface area contributed by atoms with Crippen molar-refractivity contribution in [1.82, 2.24) is 19.2 Å². The summed E-state index contributed by atoms with van der Waals surface area (Å²) in [7, 11) is 3.47. The number of carbonyl (C=O) groups is 1. The zero-order chi connectivity index (χ0) is 21.3. The van der Waals surface area contributed by atoms with E-state index in [1.807, 2.05) is 12.3 Å². The molecule has 1 aliphatic carbocycles. The average molecular weight is 411 g/mol. The van der Waals surface area contributed by atoms with E-state index in [0.29, 0.717) is 22.8 Å². The van der Waals surface area contributed by atoms with Crippen LogP contribution in [-0.4, -0.2) is 45.3 Å². The van der Waals surface area contributed by atoms with Gasteiger partial charge in [0.05, 0.1) is 18.0 Å². The molecular weight excluding hydrogens is 386 g/mol. The van der Waals surface area contributed by atoms with Gasteiger partial charge >= 0.3 is 0 Å². The van der Waals surface area contributed by atoms with Gasteiger partial charge in [-0.15, -0.1) is 5.10 Å². The third-order valence-corrected chi connectivity index (χ3v) is 5.60. The van der Waals surface area contributed by atoms with Crippen molar-refractivity contribution < 1.29 is 9.53 Å². The molecule has 0 bridgehead atoms. The highest BCUT2D eigenvalue weighted by Crippen LogP contribution is 2.29. The van der Waals surface area contributed by atoms with E-state index in [1.54, 1.807) is 30.9 Å². The Morgan fingerprint density at radius 1 is 1.27 bits per heavy atom. The minimum Gasteiger partial charge on any atom is -0.385 e. The van der Waals surface area contributed by atoms with Crippen LogP contribution >= 0.6 is 0 Å². The van der Waals surface area contributed by atoms with Gasteiger partial charge in [-0.1, -0.05) is 0 Å². The molecule has 10 heteroatoms. The molecule has 0 radical (unpaired) electrons. The summed E-state index contributed by atoms with van der Waals surface area (Å²) in [5.41, 5.74) is 6.98. The molecule has 3 heterocycles. The molecule has 0 unspecified atom stereocenters. The van der Waals surface area contributed by atoms with E-state index in [2.05, 4.69) is 20.7 Å². The van der Waals surface area contributed by atoms with E-state index in [0.717, 1.165) is 25.7 Å². The normalized spacial score (nSPS) is 19.0. The number of carbonyl (C=O) groups excluding carboxylic acids is 1. The summed E-state index contributed by atoms with van der Waals surface area (Å²) in [6.45, 7) is 0. The zero-order valence-corrected chi connectivity index (χ0v) is 17.0. The quantitative estimate of drug-likeness (QED) is 0.565. The molecule has 1 fully saturated rings. The van der Waals surface area contributed by atoms with E-state index >= 15 is 0 Å². The van der Waals surface area contributed by atoms with Crippen molar-refractivity contribution in [1.29, 1.82) is 0 Å². The first kappa shape index (κ1) is 19.9. The first-order valence-electron chi connectivity index (χ1n) is 9.89. The van der Waals surface area contributed by atoms with Gasteiger partial charge < -0.3 is 25.7 Å². The van der Waals surface area contributed by atoms with Gasteiger partial charge in [-0.3, -0.25) is 9.59 Å². The highest BCUT2D eigenvalue weighted by atomic mass is 16.5. The molecular formula is C20H25N7O3. The first-order valence-corrected chi connectivity index (χ1v) is 9.89. The van der Waals surface area contributed by atoms with Crippen LogP contribution in [0.2, 0.25) is 0 Å². The lowest BCUT2D eigenvalue weighted by molar-refractivity contribution is 0.0580. The van der Waals surface area contributed by atoms with Gasteiger partial charge in [0.15, 0.2) is 11.5 Å². The number of primary amides is 1. The van der Waals surface area contributed by atoms with E-state index in [4.69, 9.17) is 10.5 Å². The van der Waals surface area contributed by atoms with Gasteiger partial charge in [0, 0.05) is 32.5 Å². The predicted octanol–water partition coefficient (Wildman–Crippen LogP) is 1.91. The van der Waals surface area contributed by atoms with Gasteiger partial charge in [-0.05, 0) is 37.8 Å². The van der Waals surface area contributed by atoms with Crippen LogP contribution in [0.25, 0.3) is 5.65 Å². The number of nitrogens with zero attached hydrogens (tertiary/aromatic N) is 4. The number of hydrogen-bond donors (Lipinski definition) is 3. The van der Waals surface area contributed by atoms with Crippen molar-refractivity contribution in [2.45, 2.75) is 37.8 Å².